The quantitative estimate of drug-likeness (QED) is 0.442. The molecular weight excluding hydrogens is 470 g/mol. The summed E-state index contributed by atoms with van der Waals surface area (Å²) < 4.78 is 31.4. The number of nitrogens with zero attached hydrogens (tertiary/aromatic N) is 3. The van der Waals surface area contributed by atoms with Crippen LogP contribution in [0.25, 0.3) is 10.2 Å². The summed E-state index contributed by atoms with van der Waals surface area (Å²) in [5.74, 6) is 0.281. The smallest absolute Gasteiger partial charge is 0.261 e. The number of hydrogen-bond donors (Lipinski definition) is 0. The number of fused-ring (bicyclic) bond motifs is 1. The largest absolute Gasteiger partial charge is 0.497 e. The molecule has 0 atom stereocenters. The van der Waals surface area contributed by atoms with Gasteiger partial charge in [-0.25, -0.2) is 13.4 Å². The highest BCUT2D eigenvalue weighted by Crippen LogP contribution is 2.33. The molecule has 32 heavy (non-hydrogen) atoms. The number of aromatic nitrogens is 1. The first-order valence-corrected chi connectivity index (χ1v) is 12.5. The highest BCUT2D eigenvalue weighted by atomic mass is 35.5. The molecule has 7 nitrogen and oxygen atoms in total. The van der Waals surface area contributed by atoms with Gasteiger partial charge in [0.1, 0.15) is 5.75 Å². The number of benzene rings is 2. The molecule has 0 spiro atoms. The van der Waals surface area contributed by atoms with Crippen molar-refractivity contribution in [3.63, 3.8) is 0 Å². The minimum absolute atomic E-state index is 0. The molecule has 2 aromatic carbocycles. The van der Waals surface area contributed by atoms with Crippen LogP contribution in [0.3, 0.4) is 0 Å². The number of thiazole rings is 1. The third-order valence-corrected chi connectivity index (χ3v) is 7.71. The molecule has 3 aromatic rings. The Bertz CT molecular complexity index is 1180. The number of ether oxygens (including phenoxy) is 1. The Hall–Kier alpha value is -2.20. The number of carbonyl (C=O) groups is 1. The second-order valence-electron chi connectivity index (χ2n) is 7.34. The van der Waals surface area contributed by atoms with Crippen molar-refractivity contribution in [1.82, 2.24) is 9.88 Å². The molecule has 1 aromatic heterocycles. The number of sulfone groups is 1. The zero-order chi connectivity index (χ0) is 22.6. The van der Waals surface area contributed by atoms with Gasteiger partial charge in [-0.05, 0) is 57.4 Å². The molecule has 0 fully saturated rings. The lowest BCUT2D eigenvalue weighted by molar-refractivity contribution is 0.0983. The van der Waals surface area contributed by atoms with Crippen LogP contribution in [0.2, 0.25) is 0 Å². The van der Waals surface area contributed by atoms with E-state index in [1.807, 2.05) is 37.2 Å². The number of methoxy groups -OCH3 is 1. The summed E-state index contributed by atoms with van der Waals surface area (Å²) in [6.45, 7) is 2.79. The van der Waals surface area contributed by atoms with Crippen LogP contribution in [-0.2, 0) is 9.84 Å². The lowest BCUT2D eigenvalue weighted by atomic mass is 10.2. The van der Waals surface area contributed by atoms with Gasteiger partial charge in [0.2, 0.25) is 0 Å². The van der Waals surface area contributed by atoms with Gasteiger partial charge in [-0.3, -0.25) is 9.69 Å². The average Bonchev–Trinajstić information content (AvgIpc) is 3.18. The minimum atomic E-state index is -3.55. The van der Waals surface area contributed by atoms with Gasteiger partial charge in [-0.1, -0.05) is 30.4 Å². The van der Waals surface area contributed by atoms with Gasteiger partial charge < -0.3 is 9.64 Å². The molecule has 0 radical (unpaired) electrons. The number of anilines is 1. The van der Waals surface area contributed by atoms with Crippen LogP contribution in [0.4, 0.5) is 5.13 Å². The van der Waals surface area contributed by atoms with E-state index in [-0.39, 0.29) is 34.5 Å². The standard InChI is InChI=1S/C22H27N3O4S2.ClH/c1-5-31(27,28)20-10-7-6-9-17(20)21(26)25(14-8-13-24(2)3)22-23-18-12-11-16(29-4)15-19(18)30-22;/h6-7,9-12,15H,5,8,13-14H2,1-4H3;1H. The lowest BCUT2D eigenvalue weighted by Crippen LogP contribution is -2.34. The van der Waals surface area contributed by atoms with Gasteiger partial charge in [0.15, 0.2) is 15.0 Å². The van der Waals surface area contributed by atoms with Crippen molar-refractivity contribution < 1.29 is 17.9 Å². The molecule has 0 unspecified atom stereocenters. The number of amides is 1. The van der Waals surface area contributed by atoms with E-state index < -0.39 is 9.84 Å². The number of hydrogen-bond acceptors (Lipinski definition) is 7. The van der Waals surface area contributed by atoms with Crippen molar-refractivity contribution in [2.24, 2.45) is 0 Å². The van der Waals surface area contributed by atoms with E-state index in [0.29, 0.717) is 17.4 Å². The fourth-order valence-corrected chi connectivity index (χ4v) is 5.29. The fourth-order valence-electron chi connectivity index (χ4n) is 3.18. The van der Waals surface area contributed by atoms with Gasteiger partial charge in [0, 0.05) is 6.54 Å². The average molecular weight is 498 g/mol. The van der Waals surface area contributed by atoms with E-state index in [9.17, 15) is 13.2 Å². The summed E-state index contributed by atoms with van der Waals surface area (Å²) in [5.41, 5.74) is 0.937. The maximum absolute atomic E-state index is 13.6. The molecule has 1 amide bonds. The SMILES string of the molecule is CCS(=O)(=O)c1ccccc1C(=O)N(CCCN(C)C)c1nc2ccc(OC)cc2s1.Cl. The summed E-state index contributed by atoms with van der Waals surface area (Å²) >= 11 is 1.39. The van der Waals surface area contributed by atoms with E-state index in [1.165, 1.54) is 17.4 Å². The van der Waals surface area contributed by atoms with Gasteiger partial charge in [0.05, 0.1) is 33.5 Å². The fraction of sp³-hybridized carbons (Fsp3) is 0.364. The van der Waals surface area contributed by atoms with Crippen LogP contribution >= 0.6 is 23.7 Å². The molecule has 0 aliphatic rings. The van der Waals surface area contributed by atoms with Crippen molar-refractivity contribution in [3.05, 3.63) is 48.0 Å². The predicted octanol–water partition coefficient (Wildman–Crippen LogP) is 4.12. The van der Waals surface area contributed by atoms with Crippen LogP contribution in [0.1, 0.15) is 23.7 Å². The Morgan fingerprint density at radius 1 is 1.12 bits per heavy atom. The number of rotatable bonds is 9. The zero-order valence-electron chi connectivity index (χ0n) is 18.6. The summed E-state index contributed by atoms with van der Waals surface area (Å²) in [6.07, 6.45) is 0.723. The van der Waals surface area contributed by atoms with Crippen molar-refractivity contribution in [3.8, 4) is 5.75 Å². The van der Waals surface area contributed by atoms with Crippen LogP contribution in [0, 0.1) is 0 Å². The molecule has 10 heteroatoms. The third kappa shape index (κ3) is 5.78. The first-order valence-electron chi connectivity index (χ1n) is 9.99. The minimum Gasteiger partial charge on any atom is -0.497 e. The molecule has 0 saturated heterocycles. The molecule has 174 valence electrons. The second kappa shape index (κ2) is 11.1. The molecule has 3 rings (SSSR count). The van der Waals surface area contributed by atoms with Crippen LogP contribution < -0.4 is 9.64 Å². The van der Waals surface area contributed by atoms with Crippen molar-refractivity contribution >= 4 is 54.8 Å². The van der Waals surface area contributed by atoms with Gasteiger partial charge in [0.25, 0.3) is 5.91 Å². The van der Waals surface area contributed by atoms with Crippen molar-refractivity contribution in [2.75, 3.05) is 44.9 Å². The number of halogens is 1. The monoisotopic (exact) mass is 497 g/mol. The highest BCUT2D eigenvalue weighted by Gasteiger charge is 2.27. The normalized spacial score (nSPS) is 11.4. The van der Waals surface area contributed by atoms with Gasteiger partial charge in [-0.15, -0.1) is 12.4 Å². The molecule has 0 saturated carbocycles. The van der Waals surface area contributed by atoms with E-state index in [2.05, 4.69) is 4.98 Å². The third-order valence-electron chi connectivity index (χ3n) is 4.88. The predicted molar refractivity (Wildman–Crippen MR) is 132 cm³/mol. The first kappa shape index (κ1) is 26.1. The Morgan fingerprint density at radius 3 is 2.50 bits per heavy atom. The van der Waals surface area contributed by atoms with Gasteiger partial charge >= 0.3 is 0 Å². The van der Waals surface area contributed by atoms with Crippen LogP contribution in [-0.4, -0.2) is 64.3 Å². The zero-order valence-corrected chi connectivity index (χ0v) is 21.0. The Kier molecular flexibility index (Phi) is 9.03. The molecule has 0 N–H and O–H groups in total. The molecular formula is C22H28ClN3O4S2. The first-order chi connectivity index (χ1) is 14.8. The van der Waals surface area contributed by atoms with Crippen LogP contribution in [0.5, 0.6) is 5.75 Å². The summed E-state index contributed by atoms with van der Waals surface area (Å²) in [5, 5.41) is 0.538. The van der Waals surface area contributed by atoms with E-state index in [1.54, 1.807) is 37.1 Å². The summed E-state index contributed by atoms with van der Waals surface area (Å²) in [4.78, 5) is 21.9. The van der Waals surface area contributed by atoms with E-state index in [0.717, 1.165) is 23.2 Å². The Labute approximate surface area is 199 Å². The van der Waals surface area contributed by atoms with Crippen molar-refractivity contribution in [1.29, 1.82) is 0 Å². The Morgan fingerprint density at radius 2 is 1.84 bits per heavy atom. The van der Waals surface area contributed by atoms with E-state index >= 15 is 0 Å². The van der Waals surface area contributed by atoms with Crippen LogP contribution in [0.15, 0.2) is 47.4 Å². The summed E-state index contributed by atoms with van der Waals surface area (Å²) in [6, 6.07) is 11.9. The molecule has 0 bridgehead atoms. The number of carbonyl (C=O) groups excluding carboxylic acids is 1. The topological polar surface area (TPSA) is 79.8 Å². The maximum atomic E-state index is 13.6. The molecule has 0 aliphatic heterocycles. The molecule has 0 aliphatic carbocycles. The van der Waals surface area contributed by atoms with Gasteiger partial charge in [-0.2, -0.15) is 0 Å². The Balaban J connectivity index is 0.00000363. The molecule has 1 heterocycles. The van der Waals surface area contributed by atoms with E-state index in [4.69, 9.17) is 4.74 Å². The summed E-state index contributed by atoms with van der Waals surface area (Å²) in [7, 11) is 2.00. The highest BCUT2D eigenvalue weighted by molar-refractivity contribution is 7.91. The second-order valence-corrected chi connectivity index (χ2v) is 10.6. The maximum Gasteiger partial charge on any atom is 0.261 e. The van der Waals surface area contributed by atoms with Crippen molar-refractivity contribution in [2.45, 2.75) is 18.2 Å². The lowest BCUT2D eigenvalue weighted by Gasteiger charge is -2.22.